The fraction of sp³-hybridized carbons (Fsp3) is 0.300. The summed E-state index contributed by atoms with van der Waals surface area (Å²) in [6.07, 6.45) is 3.92. The number of fused-ring (bicyclic) bond motifs is 1. The van der Waals surface area contributed by atoms with Gasteiger partial charge in [-0.05, 0) is 36.2 Å². The molecule has 140 valence electrons. The van der Waals surface area contributed by atoms with Crippen molar-refractivity contribution in [3.8, 4) is 0 Å². The molecule has 2 atom stereocenters. The smallest absolute Gasteiger partial charge is 0.221 e. The Morgan fingerprint density at radius 1 is 1.30 bits per heavy atom. The molecule has 7 nitrogen and oxygen atoms in total. The van der Waals surface area contributed by atoms with Gasteiger partial charge in [0.25, 0.3) is 0 Å². The van der Waals surface area contributed by atoms with Crippen LogP contribution in [0.2, 0.25) is 0 Å². The number of rotatable bonds is 4. The van der Waals surface area contributed by atoms with E-state index in [0.717, 1.165) is 29.3 Å². The molecule has 1 unspecified atom stereocenters. The Hall–Kier alpha value is -2.90. The van der Waals surface area contributed by atoms with Crippen LogP contribution in [0.15, 0.2) is 54.9 Å². The molecule has 1 saturated heterocycles. The predicted molar refractivity (Wildman–Crippen MR) is 105 cm³/mol. The number of aliphatic hydroxyl groups is 1. The monoisotopic (exact) mass is 365 g/mol. The van der Waals surface area contributed by atoms with Gasteiger partial charge < -0.3 is 25.0 Å². The third-order valence-corrected chi connectivity index (χ3v) is 4.81. The zero-order chi connectivity index (χ0) is 18.8. The lowest BCUT2D eigenvalue weighted by Crippen LogP contribution is -2.59. The lowest BCUT2D eigenvalue weighted by Gasteiger charge is -2.39. The van der Waals surface area contributed by atoms with E-state index >= 15 is 0 Å². The summed E-state index contributed by atoms with van der Waals surface area (Å²) < 4.78 is 1.96. The summed E-state index contributed by atoms with van der Waals surface area (Å²) in [5.41, 5.74) is 2.73. The third-order valence-electron chi connectivity index (χ3n) is 4.81. The minimum atomic E-state index is -0.668. The van der Waals surface area contributed by atoms with Crippen LogP contribution < -0.4 is 15.5 Å². The van der Waals surface area contributed by atoms with Gasteiger partial charge in [0.05, 0.1) is 12.2 Å². The van der Waals surface area contributed by atoms with Crippen molar-refractivity contribution in [2.75, 3.05) is 23.3 Å². The van der Waals surface area contributed by atoms with Crippen molar-refractivity contribution >= 4 is 23.1 Å². The molecule has 0 aliphatic carbocycles. The number of benzene rings is 1. The van der Waals surface area contributed by atoms with Crippen molar-refractivity contribution in [1.29, 1.82) is 0 Å². The van der Waals surface area contributed by atoms with Crippen LogP contribution >= 0.6 is 0 Å². The number of carbonyl (C=O) groups is 1. The highest BCUT2D eigenvalue weighted by molar-refractivity contribution is 5.88. The molecule has 1 amide bonds. The van der Waals surface area contributed by atoms with E-state index in [2.05, 4.69) is 15.6 Å². The molecule has 1 aliphatic rings. The van der Waals surface area contributed by atoms with E-state index in [4.69, 9.17) is 0 Å². The molecule has 3 N–H and O–H groups in total. The van der Waals surface area contributed by atoms with Crippen molar-refractivity contribution in [1.82, 2.24) is 14.7 Å². The molecular formula is C20H23N5O2. The SMILES string of the molecule is CC(=O)Nc1ccc(C[C@H]2NCCN(c3cn4ccccc4n3)C2O)cc1. The van der Waals surface area contributed by atoms with Crippen molar-refractivity contribution in [2.24, 2.45) is 0 Å². The lowest BCUT2D eigenvalue weighted by molar-refractivity contribution is -0.114. The molecule has 2 aromatic heterocycles. The van der Waals surface area contributed by atoms with E-state index in [-0.39, 0.29) is 11.9 Å². The minimum absolute atomic E-state index is 0.0878. The van der Waals surface area contributed by atoms with Crippen LogP contribution in [0.4, 0.5) is 11.5 Å². The maximum Gasteiger partial charge on any atom is 0.221 e. The number of pyridine rings is 1. The maximum atomic E-state index is 11.1. The van der Waals surface area contributed by atoms with Gasteiger partial charge in [0.1, 0.15) is 17.7 Å². The molecule has 0 spiro atoms. The van der Waals surface area contributed by atoms with Gasteiger partial charge in [0.2, 0.25) is 5.91 Å². The number of piperazine rings is 1. The molecule has 0 radical (unpaired) electrons. The number of nitrogens with zero attached hydrogens (tertiary/aromatic N) is 3. The molecule has 3 aromatic rings. The fourth-order valence-corrected chi connectivity index (χ4v) is 3.49. The van der Waals surface area contributed by atoms with Gasteiger partial charge in [-0.25, -0.2) is 4.98 Å². The van der Waals surface area contributed by atoms with Crippen LogP contribution in [0.25, 0.3) is 5.65 Å². The summed E-state index contributed by atoms with van der Waals surface area (Å²) in [6.45, 7) is 2.97. The Morgan fingerprint density at radius 3 is 2.85 bits per heavy atom. The first kappa shape index (κ1) is 17.5. The Bertz CT molecular complexity index is 904. The predicted octanol–water partition coefficient (Wildman–Crippen LogP) is 1.63. The second-order valence-corrected chi connectivity index (χ2v) is 6.82. The van der Waals surface area contributed by atoms with E-state index < -0.39 is 6.23 Å². The van der Waals surface area contributed by atoms with Gasteiger partial charge in [-0.2, -0.15) is 0 Å². The average Bonchev–Trinajstić information content (AvgIpc) is 3.08. The lowest BCUT2D eigenvalue weighted by atomic mass is 10.0. The minimum Gasteiger partial charge on any atom is -0.372 e. The first-order valence-electron chi connectivity index (χ1n) is 9.08. The Balaban J connectivity index is 1.48. The van der Waals surface area contributed by atoms with Gasteiger partial charge in [-0.15, -0.1) is 0 Å². The number of aliphatic hydroxyl groups excluding tert-OH is 1. The number of hydrogen-bond acceptors (Lipinski definition) is 5. The van der Waals surface area contributed by atoms with Crippen molar-refractivity contribution in [3.63, 3.8) is 0 Å². The van der Waals surface area contributed by atoms with Crippen LogP contribution in [-0.4, -0.2) is 45.8 Å². The van der Waals surface area contributed by atoms with Crippen LogP contribution in [0.1, 0.15) is 12.5 Å². The number of carbonyl (C=O) groups excluding carboxylic acids is 1. The molecule has 0 saturated carbocycles. The first-order valence-corrected chi connectivity index (χ1v) is 9.08. The molecule has 1 aromatic carbocycles. The second kappa shape index (κ2) is 7.38. The number of imidazole rings is 1. The maximum absolute atomic E-state index is 11.1. The molecule has 4 rings (SSSR count). The average molecular weight is 365 g/mol. The number of anilines is 2. The van der Waals surface area contributed by atoms with Gasteiger partial charge in [-0.3, -0.25) is 4.79 Å². The summed E-state index contributed by atoms with van der Waals surface area (Å²) in [6, 6.07) is 13.5. The number of hydrogen-bond donors (Lipinski definition) is 3. The van der Waals surface area contributed by atoms with Gasteiger partial charge in [-0.1, -0.05) is 18.2 Å². The van der Waals surface area contributed by atoms with Crippen molar-refractivity contribution < 1.29 is 9.90 Å². The second-order valence-electron chi connectivity index (χ2n) is 6.82. The van der Waals surface area contributed by atoms with Crippen LogP contribution in [-0.2, 0) is 11.2 Å². The summed E-state index contributed by atoms with van der Waals surface area (Å²) in [5, 5.41) is 17.1. The molecule has 3 heterocycles. The normalized spacial score (nSPS) is 20.0. The summed E-state index contributed by atoms with van der Waals surface area (Å²) in [4.78, 5) is 17.7. The van der Waals surface area contributed by atoms with Crippen molar-refractivity contribution in [2.45, 2.75) is 25.6 Å². The molecule has 7 heteroatoms. The largest absolute Gasteiger partial charge is 0.372 e. The first-order chi connectivity index (χ1) is 13.1. The zero-order valence-electron chi connectivity index (χ0n) is 15.2. The standard InChI is InChI=1S/C20H23N5O2/c1-14(26)22-16-7-5-15(6-8-16)12-17-20(27)25(11-9-21-17)19-13-24-10-3-2-4-18(24)23-19/h2-8,10,13,17,20-21,27H,9,11-12H2,1H3,(H,22,26)/t17-,20?/m1/s1. The zero-order valence-corrected chi connectivity index (χ0v) is 15.2. The van der Waals surface area contributed by atoms with Gasteiger partial charge >= 0.3 is 0 Å². The van der Waals surface area contributed by atoms with E-state index in [1.165, 1.54) is 6.92 Å². The van der Waals surface area contributed by atoms with Gasteiger partial charge in [0.15, 0.2) is 0 Å². The fourth-order valence-electron chi connectivity index (χ4n) is 3.49. The molecule has 27 heavy (non-hydrogen) atoms. The topological polar surface area (TPSA) is 81.9 Å². The van der Waals surface area contributed by atoms with Crippen LogP contribution in [0.5, 0.6) is 0 Å². The molecular weight excluding hydrogens is 342 g/mol. The van der Waals surface area contributed by atoms with Gasteiger partial charge in [0, 0.05) is 31.9 Å². The number of amides is 1. The molecule has 1 fully saturated rings. The number of nitrogens with one attached hydrogen (secondary N) is 2. The summed E-state index contributed by atoms with van der Waals surface area (Å²) in [5.74, 6) is 0.691. The van der Waals surface area contributed by atoms with Crippen LogP contribution in [0, 0.1) is 0 Å². The highest BCUT2D eigenvalue weighted by Crippen LogP contribution is 2.21. The Morgan fingerprint density at radius 2 is 2.11 bits per heavy atom. The Labute approximate surface area is 157 Å². The summed E-state index contributed by atoms with van der Waals surface area (Å²) in [7, 11) is 0. The quantitative estimate of drug-likeness (QED) is 0.655. The van der Waals surface area contributed by atoms with E-state index in [1.54, 1.807) is 0 Å². The Kier molecular flexibility index (Phi) is 4.79. The summed E-state index contributed by atoms with van der Waals surface area (Å²) >= 11 is 0. The highest BCUT2D eigenvalue weighted by Gasteiger charge is 2.31. The third kappa shape index (κ3) is 3.79. The van der Waals surface area contributed by atoms with Crippen LogP contribution in [0.3, 0.4) is 0 Å². The van der Waals surface area contributed by atoms with E-state index in [0.29, 0.717) is 13.0 Å². The highest BCUT2D eigenvalue weighted by atomic mass is 16.3. The van der Waals surface area contributed by atoms with E-state index in [9.17, 15) is 9.90 Å². The number of aromatic nitrogens is 2. The van der Waals surface area contributed by atoms with Crippen molar-refractivity contribution in [3.05, 3.63) is 60.4 Å². The molecule has 0 bridgehead atoms. The molecule has 1 aliphatic heterocycles. The van der Waals surface area contributed by atoms with E-state index in [1.807, 2.05) is 64.2 Å².